The van der Waals surface area contributed by atoms with Crippen molar-refractivity contribution in [3.05, 3.63) is 38.9 Å². The lowest BCUT2D eigenvalue weighted by molar-refractivity contribution is -0.384. The third kappa shape index (κ3) is 2.83. The minimum absolute atomic E-state index is 0. The lowest BCUT2D eigenvalue weighted by atomic mass is 10.1. The molecular formula is C8H10Cl2N2O2. The monoisotopic (exact) mass is 236 g/mol. The van der Waals surface area contributed by atoms with Gasteiger partial charge < -0.3 is 5.73 Å². The van der Waals surface area contributed by atoms with Crippen molar-refractivity contribution >= 4 is 29.7 Å². The zero-order valence-electron chi connectivity index (χ0n) is 7.44. The Morgan fingerprint density at radius 2 is 2.14 bits per heavy atom. The van der Waals surface area contributed by atoms with E-state index in [0.717, 1.165) is 0 Å². The van der Waals surface area contributed by atoms with Crippen molar-refractivity contribution in [1.82, 2.24) is 0 Å². The average Bonchev–Trinajstić information content (AvgIpc) is 2.04. The van der Waals surface area contributed by atoms with Crippen molar-refractivity contribution in [3.8, 4) is 0 Å². The van der Waals surface area contributed by atoms with Crippen molar-refractivity contribution in [2.45, 2.75) is 13.0 Å². The molecule has 0 aliphatic rings. The van der Waals surface area contributed by atoms with E-state index in [2.05, 4.69) is 0 Å². The Hall–Kier alpha value is -0.840. The Morgan fingerprint density at radius 3 is 2.57 bits per heavy atom. The first-order valence-electron chi connectivity index (χ1n) is 3.72. The van der Waals surface area contributed by atoms with Crippen LogP contribution in [-0.2, 0) is 0 Å². The third-order valence-corrected chi connectivity index (χ3v) is 2.01. The van der Waals surface area contributed by atoms with Crippen LogP contribution >= 0.6 is 24.0 Å². The molecule has 0 spiro atoms. The number of hydrogen-bond donors (Lipinski definition) is 1. The van der Waals surface area contributed by atoms with Gasteiger partial charge in [0.05, 0.1) is 4.92 Å². The summed E-state index contributed by atoms with van der Waals surface area (Å²) in [4.78, 5) is 9.96. The van der Waals surface area contributed by atoms with Crippen molar-refractivity contribution < 1.29 is 4.92 Å². The summed E-state index contributed by atoms with van der Waals surface area (Å²) in [6.07, 6.45) is 0. The Bertz CT molecular complexity index is 342. The molecule has 1 aromatic carbocycles. The van der Waals surface area contributed by atoms with E-state index >= 15 is 0 Å². The molecule has 0 unspecified atom stereocenters. The van der Waals surface area contributed by atoms with Gasteiger partial charge in [-0.25, -0.2) is 0 Å². The normalized spacial score (nSPS) is 11.6. The molecule has 14 heavy (non-hydrogen) atoms. The fourth-order valence-electron chi connectivity index (χ4n) is 0.953. The lowest BCUT2D eigenvalue weighted by Gasteiger charge is -2.04. The van der Waals surface area contributed by atoms with Gasteiger partial charge >= 0.3 is 0 Å². The molecule has 0 aliphatic heterocycles. The van der Waals surface area contributed by atoms with E-state index in [-0.39, 0.29) is 29.2 Å². The molecular weight excluding hydrogens is 227 g/mol. The summed E-state index contributed by atoms with van der Waals surface area (Å²) in [5, 5.41) is 10.6. The number of nitrogens with two attached hydrogens (primary N) is 1. The van der Waals surface area contributed by atoms with Gasteiger partial charge in [0.2, 0.25) is 0 Å². The van der Waals surface area contributed by atoms with E-state index < -0.39 is 4.92 Å². The van der Waals surface area contributed by atoms with Gasteiger partial charge in [-0.3, -0.25) is 10.1 Å². The van der Waals surface area contributed by atoms with Gasteiger partial charge in [-0.2, -0.15) is 0 Å². The molecule has 0 saturated heterocycles. The third-order valence-electron chi connectivity index (χ3n) is 1.69. The second-order valence-corrected chi connectivity index (χ2v) is 3.16. The Morgan fingerprint density at radius 1 is 1.57 bits per heavy atom. The van der Waals surface area contributed by atoms with Crippen LogP contribution in [0.1, 0.15) is 18.5 Å². The summed E-state index contributed by atoms with van der Waals surface area (Å²) in [6.45, 7) is 1.76. The van der Waals surface area contributed by atoms with E-state index in [1.54, 1.807) is 13.0 Å². The molecule has 2 N–H and O–H groups in total. The molecule has 1 aromatic rings. The van der Waals surface area contributed by atoms with Crippen LogP contribution in [0.2, 0.25) is 5.02 Å². The fraction of sp³-hybridized carbons (Fsp3) is 0.250. The maximum Gasteiger partial charge on any atom is 0.288 e. The van der Waals surface area contributed by atoms with Gasteiger partial charge in [0.1, 0.15) is 5.02 Å². The molecule has 4 nitrogen and oxygen atoms in total. The summed E-state index contributed by atoms with van der Waals surface area (Å²) >= 11 is 5.61. The van der Waals surface area contributed by atoms with E-state index in [0.29, 0.717) is 5.56 Å². The van der Waals surface area contributed by atoms with Crippen LogP contribution in [0.3, 0.4) is 0 Å². The van der Waals surface area contributed by atoms with Gasteiger partial charge in [0.15, 0.2) is 0 Å². The summed E-state index contributed by atoms with van der Waals surface area (Å²) in [6, 6.07) is 4.33. The van der Waals surface area contributed by atoms with Crippen LogP contribution in [0.25, 0.3) is 0 Å². The second kappa shape index (κ2) is 5.14. The zero-order valence-corrected chi connectivity index (χ0v) is 9.01. The highest BCUT2D eigenvalue weighted by Crippen LogP contribution is 2.26. The van der Waals surface area contributed by atoms with Crippen LogP contribution in [-0.4, -0.2) is 4.92 Å². The Labute approximate surface area is 92.6 Å². The maximum absolute atomic E-state index is 10.5. The van der Waals surface area contributed by atoms with Crippen LogP contribution in [0, 0.1) is 10.1 Å². The number of benzene rings is 1. The van der Waals surface area contributed by atoms with Crippen molar-refractivity contribution in [1.29, 1.82) is 0 Å². The SMILES string of the molecule is C[C@H](N)c1ccc(Cl)c([N+](=O)[O-])c1.Cl. The number of hydrogen-bond acceptors (Lipinski definition) is 3. The predicted octanol–water partition coefficient (Wildman–Crippen LogP) is 2.69. The molecule has 1 atom stereocenters. The molecule has 78 valence electrons. The van der Waals surface area contributed by atoms with E-state index in [9.17, 15) is 10.1 Å². The van der Waals surface area contributed by atoms with E-state index in [1.807, 2.05) is 0 Å². The lowest BCUT2D eigenvalue weighted by Crippen LogP contribution is -2.05. The molecule has 0 aromatic heterocycles. The zero-order chi connectivity index (χ0) is 10.0. The number of rotatable bonds is 2. The highest BCUT2D eigenvalue weighted by Gasteiger charge is 2.13. The van der Waals surface area contributed by atoms with Gasteiger partial charge in [-0.05, 0) is 18.6 Å². The summed E-state index contributed by atoms with van der Waals surface area (Å²) in [7, 11) is 0. The minimum atomic E-state index is -0.520. The van der Waals surface area contributed by atoms with Crippen molar-refractivity contribution in [3.63, 3.8) is 0 Å². The molecule has 0 saturated carbocycles. The highest BCUT2D eigenvalue weighted by molar-refractivity contribution is 6.32. The van der Waals surface area contributed by atoms with Crippen LogP contribution in [0.5, 0.6) is 0 Å². The number of halogens is 2. The van der Waals surface area contributed by atoms with Crippen LogP contribution in [0.15, 0.2) is 18.2 Å². The van der Waals surface area contributed by atoms with Crippen LogP contribution < -0.4 is 5.73 Å². The Balaban J connectivity index is 0.00000169. The molecule has 0 heterocycles. The molecule has 6 heteroatoms. The largest absolute Gasteiger partial charge is 0.324 e. The predicted molar refractivity (Wildman–Crippen MR) is 58.0 cm³/mol. The molecule has 0 radical (unpaired) electrons. The van der Waals surface area contributed by atoms with E-state index in [4.69, 9.17) is 17.3 Å². The summed E-state index contributed by atoms with van der Waals surface area (Å²) in [5.74, 6) is 0. The first-order chi connectivity index (χ1) is 6.02. The number of nitro benzene ring substituents is 1. The molecule has 1 rings (SSSR count). The summed E-state index contributed by atoms with van der Waals surface area (Å²) in [5.41, 5.74) is 6.17. The average molecular weight is 237 g/mol. The highest BCUT2D eigenvalue weighted by atomic mass is 35.5. The fourth-order valence-corrected chi connectivity index (χ4v) is 1.14. The maximum atomic E-state index is 10.5. The van der Waals surface area contributed by atoms with Gasteiger partial charge in [0, 0.05) is 12.1 Å². The summed E-state index contributed by atoms with van der Waals surface area (Å²) < 4.78 is 0. The van der Waals surface area contributed by atoms with Crippen LogP contribution in [0.4, 0.5) is 5.69 Å². The number of nitrogens with zero attached hydrogens (tertiary/aromatic N) is 1. The molecule has 0 amide bonds. The smallest absolute Gasteiger partial charge is 0.288 e. The topological polar surface area (TPSA) is 69.2 Å². The van der Waals surface area contributed by atoms with Gasteiger partial charge in [-0.1, -0.05) is 17.7 Å². The molecule has 0 aliphatic carbocycles. The second-order valence-electron chi connectivity index (χ2n) is 2.76. The van der Waals surface area contributed by atoms with Gasteiger partial charge in [-0.15, -0.1) is 12.4 Å². The van der Waals surface area contributed by atoms with Gasteiger partial charge in [0.25, 0.3) is 5.69 Å². The molecule has 0 bridgehead atoms. The van der Waals surface area contributed by atoms with E-state index in [1.165, 1.54) is 12.1 Å². The number of nitro groups is 1. The molecule has 0 fully saturated rings. The van der Waals surface area contributed by atoms with Crippen molar-refractivity contribution in [2.24, 2.45) is 5.73 Å². The van der Waals surface area contributed by atoms with Crippen molar-refractivity contribution in [2.75, 3.05) is 0 Å². The first-order valence-corrected chi connectivity index (χ1v) is 4.09. The quantitative estimate of drug-likeness (QED) is 0.634. The minimum Gasteiger partial charge on any atom is -0.324 e. The Kier molecular flexibility index (Phi) is 4.83. The first kappa shape index (κ1) is 13.2. The standard InChI is InChI=1S/C8H9ClN2O2.ClH/c1-5(10)6-2-3-7(9)8(4-6)11(12)13;/h2-5H,10H2,1H3;1H/t5-;/m0./s1.